The maximum Gasteiger partial charge on any atom is 0.329 e. The number of nitrogens with one attached hydrogen (secondary N) is 1. The molecule has 5 nitrogen and oxygen atoms in total. The Hall–Kier alpha value is -2.82. The molecule has 3 aromatic rings. The van der Waals surface area contributed by atoms with E-state index in [1.54, 1.807) is 9.13 Å². The number of rotatable bonds is 6. The second-order valence-electron chi connectivity index (χ2n) is 7.52. The van der Waals surface area contributed by atoms with E-state index in [2.05, 4.69) is 18.3 Å². The first-order chi connectivity index (χ1) is 13.7. The summed E-state index contributed by atoms with van der Waals surface area (Å²) in [4.78, 5) is 25.5. The van der Waals surface area contributed by atoms with Crippen molar-refractivity contribution in [2.45, 2.75) is 58.5 Å². The van der Waals surface area contributed by atoms with Crippen molar-refractivity contribution in [2.24, 2.45) is 0 Å². The Morgan fingerprint density at radius 3 is 2.43 bits per heavy atom. The summed E-state index contributed by atoms with van der Waals surface area (Å²) in [6.45, 7) is 3.14. The Kier molecular flexibility index (Phi) is 5.33. The number of benzene rings is 2. The van der Waals surface area contributed by atoms with Crippen LogP contribution < -0.4 is 11.0 Å². The van der Waals surface area contributed by atoms with Gasteiger partial charge in [-0.05, 0) is 61.4 Å². The first-order valence-corrected chi connectivity index (χ1v) is 10.3. The van der Waals surface area contributed by atoms with Gasteiger partial charge in [-0.15, -0.1) is 0 Å². The summed E-state index contributed by atoms with van der Waals surface area (Å²) in [7, 11) is 0. The predicted octanol–water partition coefficient (Wildman–Crippen LogP) is 4.12. The van der Waals surface area contributed by atoms with Crippen LogP contribution in [-0.4, -0.2) is 15.0 Å². The Bertz CT molecular complexity index is 1060. The van der Waals surface area contributed by atoms with E-state index in [1.165, 1.54) is 24.0 Å². The molecule has 2 aromatic carbocycles. The lowest BCUT2D eigenvalue weighted by Crippen LogP contribution is -2.26. The Morgan fingerprint density at radius 1 is 0.964 bits per heavy atom. The van der Waals surface area contributed by atoms with Crippen molar-refractivity contribution >= 4 is 22.6 Å². The monoisotopic (exact) mass is 377 g/mol. The molecule has 28 heavy (non-hydrogen) atoms. The van der Waals surface area contributed by atoms with Gasteiger partial charge in [0.15, 0.2) is 0 Å². The van der Waals surface area contributed by atoms with Gasteiger partial charge in [0.05, 0.1) is 11.0 Å². The van der Waals surface area contributed by atoms with Crippen LogP contribution in [0.5, 0.6) is 0 Å². The molecule has 0 bridgehead atoms. The highest BCUT2D eigenvalue weighted by Gasteiger charge is 2.16. The molecule has 0 saturated carbocycles. The number of anilines is 1. The smallest absolute Gasteiger partial charge is 0.326 e. The third kappa shape index (κ3) is 3.49. The summed E-state index contributed by atoms with van der Waals surface area (Å²) in [5.41, 5.74) is 5.36. The van der Waals surface area contributed by atoms with E-state index in [-0.39, 0.29) is 18.0 Å². The minimum atomic E-state index is -0.0433. The SMILES string of the molecule is CCCn1c(=O)n(CCC(=O)Nc2cccc3c2CCCC3)c2ccccc21. The van der Waals surface area contributed by atoms with Gasteiger partial charge in [0.1, 0.15) is 0 Å². The number of carbonyl (C=O) groups is 1. The first-order valence-electron chi connectivity index (χ1n) is 10.3. The highest BCUT2D eigenvalue weighted by atomic mass is 16.2. The molecular formula is C23H27N3O2. The molecule has 1 aliphatic carbocycles. The maximum atomic E-state index is 12.8. The van der Waals surface area contributed by atoms with Crippen LogP contribution in [0.3, 0.4) is 0 Å². The lowest BCUT2D eigenvalue weighted by Gasteiger charge is -2.19. The fourth-order valence-electron chi connectivity index (χ4n) is 4.25. The summed E-state index contributed by atoms with van der Waals surface area (Å²) in [5, 5.41) is 3.08. The Morgan fingerprint density at radius 2 is 1.68 bits per heavy atom. The second-order valence-corrected chi connectivity index (χ2v) is 7.52. The molecule has 1 heterocycles. The van der Waals surface area contributed by atoms with E-state index in [1.807, 2.05) is 36.4 Å². The van der Waals surface area contributed by atoms with Crippen LogP contribution in [0.25, 0.3) is 11.0 Å². The third-order valence-corrected chi connectivity index (χ3v) is 5.60. The summed E-state index contributed by atoms with van der Waals surface area (Å²) < 4.78 is 3.53. The van der Waals surface area contributed by atoms with Gasteiger partial charge in [-0.1, -0.05) is 31.2 Å². The number of aromatic nitrogens is 2. The van der Waals surface area contributed by atoms with Crippen molar-refractivity contribution in [3.63, 3.8) is 0 Å². The standard InChI is InChI=1S/C23H27N3O2/c1-2-15-25-20-12-5-6-13-21(20)26(23(25)28)16-14-22(27)24-19-11-7-9-17-8-3-4-10-18(17)19/h5-7,9,11-13H,2-4,8,10,14-16H2,1H3,(H,24,27). The van der Waals surface area contributed by atoms with Crippen LogP contribution in [0.1, 0.15) is 43.7 Å². The molecule has 1 aliphatic rings. The molecule has 4 rings (SSSR count). The number of nitrogens with zero attached hydrogens (tertiary/aromatic N) is 2. The summed E-state index contributed by atoms with van der Waals surface area (Å²) in [6.07, 6.45) is 5.68. The lowest BCUT2D eigenvalue weighted by atomic mass is 9.90. The quantitative estimate of drug-likeness (QED) is 0.702. The minimum Gasteiger partial charge on any atom is -0.326 e. The zero-order chi connectivity index (χ0) is 19.5. The van der Waals surface area contributed by atoms with Gasteiger partial charge in [0.25, 0.3) is 0 Å². The number of carbonyl (C=O) groups excluding carboxylic acids is 1. The van der Waals surface area contributed by atoms with Crippen LogP contribution in [0, 0.1) is 0 Å². The predicted molar refractivity (Wildman–Crippen MR) is 113 cm³/mol. The number of amides is 1. The molecule has 0 saturated heterocycles. The minimum absolute atomic E-state index is 0.0343. The molecule has 5 heteroatoms. The zero-order valence-electron chi connectivity index (χ0n) is 16.4. The highest BCUT2D eigenvalue weighted by molar-refractivity contribution is 5.91. The molecule has 146 valence electrons. The lowest BCUT2D eigenvalue weighted by molar-refractivity contribution is -0.116. The molecule has 0 aliphatic heterocycles. The zero-order valence-corrected chi connectivity index (χ0v) is 16.4. The Balaban J connectivity index is 1.52. The average Bonchev–Trinajstić information content (AvgIpc) is 2.98. The highest BCUT2D eigenvalue weighted by Crippen LogP contribution is 2.28. The fraction of sp³-hybridized carbons (Fsp3) is 0.391. The molecule has 1 amide bonds. The molecule has 0 unspecified atom stereocenters. The van der Waals surface area contributed by atoms with Gasteiger partial charge >= 0.3 is 5.69 Å². The fourth-order valence-corrected chi connectivity index (χ4v) is 4.25. The first kappa shape index (κ1) is 18.5. The normalized spacial score (nSPS) is 13.5. The van der Waals surface area contributed by atoms with Crippen molar-refractivity contribution in [2.75, 3.05) is 5.32 Å². The van der Waals surface area contributed by atoms with Crippen molar-refractivity contribution in [3.8, 4) is 0 Å². The molecule has 1 aromatic heterocycles. The molecule has 0 spiro atoms. The van der Waals surface area contributed by atoms with Crippen LogP contribution in [0.4, 0.5) is 5.69 Å². The van der Waals surface area contributed by atoms with Crippen molar-refractivity contribution in [1.29, 1.82) is 0 Å². The second kappa shape index (κ2) is 8.05. The van der Waals surface area contributed by atoms with Crippen LogP contribution in [0.2, 0.25) is 0 Å². The molecule has 0 atom stereocenters. The van der Waals surface area contributed by atoms with Crippen LogP contribution >= 0.6 is 0 Å². The van der Waals surface area contributed by atoms with Gasteiger partial charge in [-0.25, -0.2) is 4.79 Å². The van der Waals surface area contributed by atoms with E-state index in [4.69, 9.17) is 0 Å². The number of fused-ring (bicyclic) bond motifs is 2. The Labute approximate surface area is 165 Å². The summed E-state index contributed by atoms with van der Waals surface area (Å²) in [5.74, 6) is -0.0433. The van der Waals surface area contributed by atoms with Gasteiger partial charge < -0.3 is 5.32 Å². The van der Waals surface area contributed by atoms with E-state index < -0.39 is 0 Å². The van der Waals surface area contributed by atoms with Crippen molar-refractivity contribution in [3.05, 3.63) is 64.1 Å². The topological polar surface area (TPSA) is 56.0 Å². The maximum absolute atomic E-state index is 12.8. The van der Waals surface area contributed by atoms with Gasteiger partial charge in [-0.2, -0.15) is 0 Å². The van der Waals surface area contributed by atoms with E-state index in [9.17, 15) is 9.59 Å². The molecular weight excluding hydrogens is 350 g/mol. The van der Waals surface area contributed by atoms with Crippen molar-refractivity contribution in [1.82, 2.24) is 9.13 Å². The molecule has 0 fully saturated rings. The third-order valence-electron chi connectivity index (χ3n) is 5.60. The average molecular weight is 377 g/mol. The van der Waals surface area contributed by atoms with Gasteiger partial charge in [0, 0.05) is 25.2 Å². The summed E-state index contributed by atoms with van der Waals surface area (Å²) >= 11 is 0. The van der Waals surface area contributed by atoms with Crippen LogP contribution in [0.15, 0.2) is 47.3 Å². The number of imidazole rings is 1. The molecule has 1 N–H and O–H groups in total. The van der Waals surface area contributed by atoms with E-state index >= 15 is 0 Å². The summed E-state index contributed by atoms with van der Waals surface area (Å²) in [6, 6.07) is 14.0. The van der Waals surface area contributed by atoms with Gasteiger partial charge in [-0.3, -0.25) is 13.9 Å². The van der Waals surface area contributed by atoms with Crippen LogP contribution in [-0.2, 0) is 30.7 Å². The van der Waals surface area contributed by atoms with E-state index in [0.29, 0.717) is 13.1 Å². The van der Waals surface area contributed by atoms with E-state index in [0.717, 1.165) is 36.0 Å². The number of hydrogen-bond donors (Lipinski definition) is 1. The number of aryl methyl sites for hydroxylation is 3. The number of hydrogen-bond acceptors (Lipinski definition) is 2. The largest absolute Gasteiger partial charge is 0.329 e. The van der Waals surface area contributed by atoms with Crippen molar-refractivity contribution < 1.29 is 4.79 Å². The van der Waals surface area contributed by atoms with Gasteiger partial charge in [0.2, 0.25) is 5.91 Å². The number of para-hydroxylation sites is 2. The molecule has 0 radical (unpaired) electrons.